The zero-order valence-electron chi connectivity index (χ0n) is 20.3. The third-order valence-electron chi connectivity index (χ3n) is 6.66. The first-order valence-electron chi connectivity index (χ1n) is 12.1. The van der Waals surface area contributed by atoms with E-state index >= 15 is 0 Å². The molecule has 184 valence electrons. The van der Waals surface area contributed by atoms with E-state index in [0.717, 1.165) is 28.7 Å². The van der Waals surface area contributed by atoms with Gasteiger partial charge in [-0.3, -0.25) is 9.59 Å². The predicted molar refractivity (Wildman–Crippen MR) is 138 cm³/mol. The fourth-order valence-electron chi connectivity index (χ4n) is 4.66. The maximum Gasteiger partial charge on any atom is 0.241 e. The van der Waals surface area contributed by atoms with Crippen LogP contribution in [0.25, 0.3) is 11.1 Å². The van der Waals surface area contributed by atoms with Crippen LogP contribution >= 0.6 is 0 Å². The van der Waals surface area contributed by atoms with Gasteiger partial charge >= 0.3 is 0 Å². The highest BCUT2D eigenvalue weighted by Gasteiger charge is 2.32. The Morgan fingerprint density at radius 2 is 1.78 bits per heavy atom. The van der Waals surface area contributed by atoms with Gasteiger partial charge in [-0.2, -0.15) is 5.26 Å². The van der Waals surface area contributed by atoms with Gasteiger partial charge in [0.25, 0.3) is 0 Å². The van der Waals surface area contributed by atoms with Crippen LogP contribution in [0.3, 0.4) is 0 Å². The van der Waals surface area contributed by atoms with E-state index in [0.29, 0.717) is 25.2 Å². The van der Waals surface area contributed by atoms with Gasteiger partial charge in [-0.1, -0.05) is 48.5 Å². The van der Waals surface area contributed by atoms with Crippen molar-refractivity contribution in [3.05, 3.63) is 89.5 Å². The molecule has 0 spiro atoms. The van der Waals surface area contributed by atoms with E-state index in [-0.39, 0.29) is 36.1 Å². The molecule has 2 unspecified atom stereocenters. The average Bonchev–Trinajstić information content (AvgIpc) is 2.91. The Bertz CT molecular complexity index is 1250. The molecule has 4 rings (SSSR count). The van der Waals surface area contributed by atoms with Gasteiger partial charge < -0.3 is 20.6 Å². The Hall–Kier alpha value is -4.15. The van der Waals surface area contributed by atoms with Gasteiger partial charge in [-0.05, 0) is 47.4 Å². The van der Waals surface area contributed by atoms with Crippen LogP contribution in [0.2, 0.25) is 0 Å². The number of aromatic hydroxyl groups is 1. The quantitative estimate of drug-likeness (QED) is 0.478. The van der Waals surface area contributed by atoms with E-state index in [1.54, 1.807) is 18.2 Å². The number of phenolic OH excluding ortho intramolecular Hbond substituents is 1. The number of carbonyl (C=O) groups excluding carboxylic acids is 2. The lowest BCUT2D eigenvalue weighted by molar-refractivity contribution is -0.133. The highest BCUT2D eigenvalue weighted by Crippen LogP contribution is 2.30. The highest BCUT2D eigenvalue weighted by molar-refractivity contribution is 5.83. The molecule has 2 atom stereocenters. The van der Waals surface area contributed by atoms with Crippen LogP contribution in [0.4, 0.5) is 0 Å². The van der Waals surface area contributed by atoms with Crippen LogP contribution < -0.4 is 10.6 Å². The van der Waals surface area contributed by atoms with Crippen molar-refractivity contribution in [1.82, 2.24) is 15.5 Å². The second-order valence-corrected chi connectivity index (χ2v) is 9.08. The summed E-state index contributed by atoms with van der Waals surface area (Å²) in [6.07, 6.45) is 0.751. The summed E-state index contributed by atoms with van der Waals surface area (Å²) in [5.74, 6) is -0.0101. The van der Waals surface area contributed by atoms with E-state index in [9.17, 15) is 14.7 Å². The molecule has 7 heteroatoms. The summed E-state index contributed by atoms with van der Waals surface area (Å²) < 4.78 is 0. The summed E-state index contributed by atoms with van der Waals surface area (Å²) >= 11 is 0. The van der Waals surface area contributed by atoms with Crippen LogP contribution in [-0.2, 0) is 16.1 Å². The summed E-state index contributed by atoms with van der Waals surface area (Å²) in [5, 5.41) is 25.8. The number of hydrogen-bond acceptors (Lipinski definition) is 5. The van der Waals surface area contributed by atoms with Crippen molar-refractivity contribution in [3.63, 3.8) is 0 Å². The first-order valence-corrected chi connectivity index (χ1v) is 12.1. The predicted octanol–water partition coefficient (Wildman–Crippen LogP) is 3.54. The first-order chi connectivity index (χ1) is 17.4. The van der Waals surface area contributed by atoms with Crippen LogP contribution in [0.5, 0.6) is 5.75 Å². The number of hydrogen-bond donors (Lipinski definition) is 3. The van der Waals surface area contributed by atoms with E-state index < -0.39 is 0 Å². The summed E-state index contributed by atoms with van der Waals surface area (Å²) in [6, 6.07) is 25.3. The van der Waals surface area contributed by atoms with Crippen molar-refractivity contribution in [1.29, 1.82) is 5.26 Å². The second kappa shape index (κ2) is 11.5. The summed E-state index contributed by atoms with van der Waals surface area (Å²) in [7, 11) is 0. The molecule has 0 saturated carbocycles. The monoisotopic (exact) mass is 482 g/mol. The largest absolute Gasteiger partial charge is 0.508 e. The van der Waals surface area contributed by atoms with Gasteiger partial charge in [0.05, 0.1) is 18.2 Å². The Balaban J connectivity index is 1.49. The van der Waals surface area contributed by atoms with Crippen molar-refractivity contribution in [2.24, 2.45) is 0 Å². The van der Waals surface area contributed by atoms with Crippen molar-refractivity contribution in [2.45, 2.75) is 31.8 Å². The number of rotatable bonds is 7. The Labute approximate surface area is 211 Å². The number of likely N-dealkylation sites (tertiary alicyclic amines) is 1. The highest BCUT2D eigenvalue weighted by atomic mass is 16.3. The number of nitrogens with zero attached hydrogens (tertiary/aromatic N) is 2. The topological polar surface area (TPSA) is 105 Å². The molecule has 36 heavy (non-hydrogen) atoms. The molecule has 0 radical (unpaired) electrons. The van der Waals surface area contributed by atoms with E-state index in [2.05, 4.69) is 28.8 Å². The molecule has 1 saturated heterocycles. The summed E-state index contributed by atoms with van der Waals surface area (Å²) in [6.45, 7) is 3.03. The Morgan fingerprint density at radius 1 is 1.06 bits per heavy atom. The first kappa shape index (κ1) is 25.0. The maximum absolute atomic E-state index is 12.7. The van der Waals surface area contributed by atoms with E-state index in [1.165, 1.54) is 6.92 Å². The lowest BCUT2D eigenvalue weighted by atomic mass is 9.85. The molecule has 0 bridgehead atoms. The molecule has 1 aliphatic rings. The Kier molecular flexibility index (Phi) is 7.99. The van der Waals surface area contributed by atoms with Gasteiger partial charge in [0.2, 0.25) is 11.8 Å². The van der Waals surface area contributed by atoms with Crippen LogP contribution in [0, 0.1) is 11.3 Å². The number of piperidine rings is 1. The fourth-order valence-corrected chi connectivity index (χ4v) is 4.66. The molecule has 3 aromatic carbocycles. The van der Waals surface area contributed by atoms with Gasteiger partial charge in [-0.15, -0.1) is 0 Å². The third-order valence-corrected chi connectivity index (χ3v) is 6.66. The lowest BCUT2D eigenvalue weighted by Gasteiger charge is -2.39. The van der Waals surface area contributed by atoms with E-state index in [4.69, 9.17) is 5.26 Å². The number of nitrogens with one attached hydrogen (secondary N) is 2. The molecule has 1 aliphatic heterocycles. The molecule has 1 fully saturated rings. The van der Waals surface area contributed by atoms with Gasteiger partial charge in [-0.25, -0.2) is 0 Å². The summed E-state index contributed by atoms with van der Waals surface area (Å²) in [4.78, 5) is 25.7. The molecular formula is C29H30N4O3. The van der Waals surface area contributed by atoms with Gasteiger partial charge in [0.15, 0.2) is 0 Å². The average molecular weight is 483 g/mol. The molecule has 0 aromatic heterocycles. The van der Waals surface area contributed by atoms with Crippen LogP contribution in [-0.4, -0.2) is 47.5 Å². The minimum Gasteiger partial charge on any atom is -0.508 e. The minimum atomic E-state index is -0.220. The molecule has 3 N–H and O–H groups in total. The molecule has 2 amide bonds. The standard InChI is InChI=1S/C29H30N4O3/c1-20(34)31-18-29(36)33-14-13-27(26(19-33)23-5-3-2-4-6-23)32-17-25-15-24(11-12-28(25)35)22-9-7-21(16-30)8-10-22/h2-12,15,26-27,32,35H,13-14,17-19H2,1H3,(H,31,34). The molecule has 1 heterocycles. The normalized spacial score (nSPS) is 17.3. The zero-order valence-corrected chi connectivity index (χ0v) is 20.3. The van der Waals surface area contributed by atoms with Crippen LogP contribution in [0.15, 0.2) is 72.8 Å². The van der Waals surface area contributed by atoms with Gasteiger partial charge in [0.1, 0.15) is 5.75 Å². The zero-order chi connectivity index (χ0) is 25.5. The number of benzene rings is 3. The SMILES string of the molecule is CC(=O)NCC(=O)N1CCC(NCc2cc(-c3ccc(C#N)cc3)ccc2O)C(c2ccccc2)C1. The number of amides is 2. The van der Waals surface area contributed by atoms with Crippen molar-refractivity contribution < 1.29 is 14.7 Å². The van der Waals surface area contributed by atoms with Crippen LogP contribution in [0.1, 0.15) is 36.0 Å². The lowest BCUT2D eigenvalue weighted by Crippen LogP contribution is -2.51. The molecular weight excluding hydrogens is 452 g/mol. The smallest absolute Gasteiger partial charge is 0.241 e. The minimum absolute atomic E-state index is 0.00491. The van der Waals surface area contributed by atoms with E-state index in [1.807, 2.05) is 47.4 Å². The molecule has 3 aromatic rings. The summed E-state index contributed by atoms with van der Waals surface area (Å²) in [5.41, 5.74) is 4.47. The third kappa shape index (κ3) is 6.09. The fraction of sp³-hybridized carbons (Fsp3) is 0.276. The Morgan fingerprint density at radius 3 is 2.47 bits per heavy atom. The van der Waals surface area contributed by atoms with Gasteiger partial charge in [0, 0.05) is 44.1 Å². The van der Waals surface area contributed by atoms with Crippen molar-refractivity contribution >= 4 is 11.8 Å². The number of phenols is 1. The molecule has 7 nitrogen and oxygen atoms in total. The number of carbonyl (C=O) groups is 2. The number of nitriles is 1. The maximum atomic E-state index is 12.7. The van der Waals surface area contributed by atoms with Crippen molar-refractivity contribution in [2.75, 3.05) is 19.6 Å². The second-order valence-electron chi connectivity index (χ2n) is 9.08. The molecule has 0 aliphatic carbocycles. The van der Waals surface area contributed by atoms with Crippen molar-refractivity contribution in [3.8, 4) is 22.9 Å².